The number of anilines is 2. The lowest BCUT2D eigenvalue weighted by molar-refractivity contribution is 0.121. The third kappa shape index (κ3) is 5.78. The highest BCUT2D eigenvalue weighted by atomic mass is 32.2. The SMILES string of the molecule is CCS(=O)(=O)N1CCN(Cc2cccc(NC(=O)Nc3ccc(C)nc3)c2F)[C@@H](C)C1. The number of nitrogens with zero attached hydrogens (tertiary/aromatic N) is 3. The molecule has 2 N–H and O–H groups in total. The highest BCUT2D eigenvalue weighted by molar-refractivity contribution is 7.89. The summed E-state index contributed by atoms with van der Waals surface area (Å²) in [5.74, 6) is -0.432. The standard InChI is InChI=1S/C21H28FN5O3S/c1-4-31(29,30)27-11-10-26(16(3)13-27)14-17-6-5-7-19(20(17)22)25-21(28)24-18-9-8-15(2)23-12-18/h5-9,12,16H,4,10-11,13-14H2,1-3H3,(H2,24,25,28)/t16-/m0/s1. The fraction of sp³-hybridized carbons (Fsp3) is 0.429. The summed E-state index contributed by atoms with van der Waals surface area (Å²) >= 11 is 0. The minimum absolute atomic E-state index is 0.0524. The van der Waals surface area contributed by atoms with Crippen LogP contribution in [0.1, 0.15) is 25.1 Å². The lowest BCUT2D eigenvalue weighted by Crippen LogP contribution is -2.53. The maximum Gasteiger partial charge on any atom is 0.323 e. The molecule has 2 amide bonds. The van der Waals surface area contributed by atoms with E-state index in [1.54, 1.807) is 31.2 Å². The summed E-state index contributed by atoms with van der Waals surface area (Å²) in [5.41, 5.74) is 1.85. The average molecular weight is 450 g/mol. The molecule has 168 valence electrons. The van der Waals surface area contributed by atoms with E-state index in [0.717, 1.165) is 5.69 Å². The molecule has 0 unspecified atom stereocenters. The Hall–Kier alpha value is -2.56. The van der Waals surface area contributed by atoms with Gasteiger partial charge >= 0.3 is 6.03 Å². The molecule has 0 aliphatic carbocycles. The second-order valence-corrected chi connectivity index (χ2v) is 9.88. The van der Waals surface area contributed by atoms with Crippen LogP contribution in [0.15, 0.2) is 36.5 Å². The van der Waals surface area contributed by atoms with Crippen LogP contribution in [-0.2, 0) is 16.6 Å². The normalized spacial score (nSPS) is 18.0. The van der Waals surface area contributed by atoms with Crippen molar-refractivity contribution in [2.24, 2.45) is 0 Å². The van der Waals surface area contributed by atoms with Crippen LogP contribution in [0, 0.1) is 12.7 Å². The highest BCUT2D eigenvalue weighted by Gasteiger charge is 2.30. The second-order valence-electron chi connectivity index (χ2n) is 7.62. The van der Waals surface area contributed by atoms with Gasteiger partial charge in [0.15, 0.2) is 5.82 Å². The van der Waals surface area contributed by atoms with E-state index in [4.69, 9.17) is 0 Å². The fourth-order valence-electron chi connectivity index (χ4n) is 3.48. The van der Waals surface area contributed by atoms with Crippen molar-refractivity contribution in [3.63, 3.8) is 0 Å². The molecule has 1 aromatic carbocycles. The van der Waals surface area contributed by atoms with Crippen molar-refractivity contribution in [3.8, 4) is 0 Å². The molecule has 1 aliphatic rings. The molecule has 2 heterocycles. The number of hydrogen-bond acceptors (Lipinski definition) is 5. The van der Waals surface area contributed by atoms with Crippen LogP contribution >= 0.6 is 0 Å². The van der Waals surface area contributed by atoms with Crippen LogP contribution < -0.4 is 10.6 Å². The fourth-order valence-corrected chi connectivity index (χ4v) is 4.64. The Morgan fingerprint density at radius 3 is 2.65 bits per heavy atom. The number of benzene rings is 1. The number of rotatable bonds is 6. The predicted molar refractivity (Wildman–Crippen MR) is 119 cm³/mol. The first-order valence-corrected chi connectivity index (χ1v) is 11.8. The molecule has 0 saturated carbocycles. The van der Waals surface area contributed by atoms with E-state index in [1.807, 2.05) is 18.7 Å². The molecular formula is C21H28FN5O3S. The van der Waals surface area contributed by atoms with Crippen LogP contribution in [-0.4, -0.2) is 60.1 Å². The van der Waals surface area contributed by atoms with Crippen LogP contribution in [0.2, 0.25) is 0 Å². The van der Waals surface area contributed by atoms with E-state index < -0.39 is 21.9 Å². The summed E-state index contributed by atoms with van der Waals surface area (Å²) in [6.45, 7) is 7.00. The Kier molecular flexibility index (Phi) is 7.24. The number of nitrogens with one attached hydrogen (secondary N) is 2. The molecule has 2 aromatic rings. The average Bonchev–Trinajstić information content (AvgIpc) is 2.74. The molecule has 10 heteroatoms. The highest BCUT2D eigenvalue weighted by Crippen LogP contribution is 2.22. The third-order valence-corrected chi connectivity index (χ3v) is 7.20. The molecular weight excluding hydrogens is 421 g/mol. The maximum absolute atomic E-state index is 15.0. The third-order valence-electron chi connectivity index (χ3n) is 5.36. The molecule has 1 aromatic heterocycles. The summed E-state index contributed by atoms with van der Waals surface area (Å²) in [7, 11) is -3.23. The number of urea groups is 1. The molecule has 31 heavy (non-hydrogen) atoms. The summed E-state index contributed by atoms with van der Waals surface area (Å²) in [6, 6.07) is 7.73. The van der Waals surface area contributed by atoms with Crippen LogP contribution in [0.5, 0.6) is 0 Å². The van der Waals surface area contributed by atoms with Gasteiger partial charge in [0.25, 0.3) is 0 Å². The van der Waals surface area contributed by atoms with Crippen LogP contribution in [0.3, 0.4) is 0 Å². The molecule has 1 atom stereocenters. The minimum atomic E-state index is -3.23. The number of amides is 2. The number of carbonyl (C=O) groups is 1. The van der Waals surface area contributed by atoms with Gasteiger partial charge in [-0.2, -0.15) is 4.31 Å². The topological polar surface area (TPSA) is 94.6 Å². The van der Waals surface area contributed by atoms with Crippen molar-refractivity contribution in [1.82, 2.24) is 14.2 Å². The van der Waals surface area contributed by atoms with Gasteiger partial charge < -0.3 is 10.6 Å². The van der Waals surface area contributed by atoms with E-state index in [2.05, 4.69) is 15.6 Å². The number of carbonyl (C=O) groups excluding carboxylic acids is 1. The van der Waals surface area contributed by atoms with Crippen LogP contribution in [0.4, 0.5) is 20.6 Å². The number of aryl methyl sites for hydroxylation is 1. The zero-order chi connectivity index (χ0) is 22.6. The van der Waals surface area contributed by atoms with Gasteiger partial charge in [0, 0.05) is 43.5 Å². The molecule has 8 nitrogen and oxygen atoms in total. The van der Waals surface area contributed by atoms with Gasteiger partial charge in [0.05, 0.1) is 23.3 Å². The molecule has 1 saturated heterocycles. The number of pyridine rings is 1. The molecule has 1 fully saturated rings. The van der Waals surface area contributed by atoms with E-state index in [-0.39, 0.29) is 17.5 Å². The van der Waals surface area contributed by atoms with Gasteiger partial charge in [-0.3, -0.25) is 9.88 Å². The molecule has 0 radical (unpaired) electrons. The van der Waals surface area contributed by atoms with Gasteiger partial charge in [-0.05, 0) is 39.0 Å². The van der Waals surface area contributed by atoms with E-state index in [0.29, 0.717) is 37.4 Å². The number of halogens is 1. The Morgan fingerprint density at radius 2 is 2.00 bits per heavy atom. The van der Waals surface area contributed by atoms with Crippen molar-refractivity contribution < 1.29 is 17.6 Å². The summed E-state index contributed by atoms with van der Waals surface area (Å²) in [6.07, 6.45) is 1.53. The van der Waals surface area contributed by atoms with Crippen molar-refractivity contribution in [2.75, 3.05) is 36.0 Å². The predicted octanol–water partition coefficient (Wildman–Crippen LogP) is 3.03. The molecule has 3 rings (SSSR count). The van der Waals surface area contributed by atoms with E-state index in [9.17, 15) is 13.2 Å². The molecule has 1 aliphatic heterocycles. The Morgan fingerprint density at radius 1 is 1.23 bits per heavy atom. The lowest BCUT2D eigenvalue weighted by Gasteiger charge is -2.39. The monoisotopic (exact) mass is 449 g/mol. The Labute approximate surface area is 182 Å². The Bertz CT molecular complexity index is 1030. The van der Waals surface area contributed by atoms with Crippen LogP contribution in [0.25, 0.3) is 0 Å². The molecule has 0 spiro atoms. The second kappa shape index (κ2) is 9.71. The number of sulfonamides is 1. The zero-order valence-electron chi connectivity index (χ0n) is 17.9. The summed E-state index contributed by atoms with van der Waals surface area (Å²) < 4.78 is 40.8. The first kappa shape index (κ1) is 23.1. The van der Waals surface area contributed by atoms with Crippen molar-refractivity contribution in [3.05, 3.63) is 53.6 Å². The van der Waals surface area contributed by atoms with Crippen molar-refractivity contribution >= 4 is 27.4 Å². The first-order valence-electron chi connectivity index (χ1n) is 10.2. The van der Waals surface area contributed by atoms with Gasteiger partial charge in [-0.25, -0.2) is 17.6 Å². The van der Waals surface area contributed by atoms with E-state index >= 15 is 4.39 Å². The zero-order valence-corrected chi connectivity index (χ0v) is 18.7. The summed E-state index contributed by atoms with van der Waals surface area (Å²) in [4.78, 5) is 18.4. The van der Waals surface area contributed by atoms with Crippen molar-refractivity contribution in [1.29, 1.82) is 0 Å². The van der Waals surface area contributed by atoms with Gasteiger partial charge in [-0.15, -0.1) is 0 Å². The van der Waals surface area contributed by atoms with Crippen molar-refractivity contribution in [2.45, 2.75) is 33.4 Å². The lowest BCUT2D eigenvalue weighted by atomic mass is 10.1. The largest absolute Gasteiger partial charge is 0.323 e. The number of hydrogen-bond donors (Lipinski definition) is 2. The first-order chi connectivity index (χ1) is 14.7. The van der Waals surface area contributed by atoms with Gasteiger partial charge in [0.1, 0.15) is 0 Å². The van der Waals surface area contributed by atoms with Gasteiger partial charge in [0.2, 0.25) is 10.0 Å². The minimum Gasteiger partial charge on any atom is -0.306 e. The summed E-state index contributed by atoms with van der Waals surface area (Å²) in [5, 5.41) is 5.16. The molecule has 0 bridgehead atoms. The Balaban J connectivity index is 1.64. The van der Waals surface area contributed by atoms with E-state index in [1.165, 1.54) is 16.6 Å². The smallest absolute Gasteiger partial charge is 0.306 e. The number of piperazine rings is 1. The van der Waals surface area contributed by atoms with Gasteiger partial charge in [-0.1, -0.05) is 12.1 Å². The number of aromatic nitrogens is 1. The maximum atomic E-state index is 15.0. The quantitative estimate of drug-likeness (QED) is 0.707.